The summed E-state index contributed by atoms with van der Waals surface area (Å²) >= 11 is 0. The van der Waals surface area contributed by atoms with Gasteiger partial charge in [0.1, 0.15) is 0 Å². The van der Waals surface area contributed by atoms with Crippen LogP contribution in [0.4, 0.5) is 0 Å². The Hall–Kier alpha value is -2.73. The number of rotatable bonds is 8. The van der Waals surface area contributed by atoms with Crippen LogP contribution in [0, 0.1) is 5.92 Å². The zero-order valence-corrected chi connectivity index (χ0v) is 22.1. The summed E-state index contributed by atoms with van der Waals surface area (Å²) in [5, 5.41) is 2.27. The first-order chi connectivity index (χ1) is 16.8. The van der Waals surface area contributed by atoms with Crippen LogP contribution in [0.2, 0.25) is 5.04 Å². The Balaban J connectivity index is 1.69. The van der Waals surface area contributed by atoms with Crippen molar-refractivity contribution in [2.75, 3.05) is 6.61 Å². The Morgan fingerprint density at radius 3 is 1.89 bits per heavy atom. The molecule has 0 aliphatic carbocycles. The molecule has 0 amide bonds. The fourth-order valence-electron chi connectivity index (χ4n) is 5.11. The number of hydrogen-bond donors (Lipinski definition) is 0. The van der Waals surface area contributed by atoms with Gasteiger partial charge in [0, 0.05) is 0 Å². The van der Waals surface area contributed by atoms with Gasteiger partial charge in [0.15, 0.2) is 6.10 Å². The molecule has 5 heteroatoms. The van der Waals surface area contributed by atoms with E-state index in [1.54, 1.807) is 0 Å². The number of carbonyl (C=O) groups excluding carboxylic acids is 1. The Bertz CT molecular complexity index is 1040. The van der Waals surface area contributed by atoms with Crippen molar-refractivity contribution in [1.82, 2.24) is 0 Å². The number of cyclic esters (lactones) is 1. The number of ether oxygens (including phenoxy) is 2. The van der Waals surface area contributed by atoms with Gasteiger partial charge in [-0.3, -0.25) is 4.79 Å². The van der Waals surface area contributed by atoms with Crippen molar-refractivity contribution in [3.63, 3.8) is 0 Å². The lowest BCUT2D eigenvalue weighted by Crippen LogP contribution is -2.69. The van der Waals surface area contributed by atoms with Crippen LogP contribution in [0.3, 0.4) is 0 Å². The molecule has 0 spiro atoms. The van der Waals surface area contributed by atoms with Crippen LogP contribution in [0.25, 0.3) is 0 Å². The first-order valence-electron chi connectivity index (χ1n) is 12.4. The second-order valence-corrected chi connectivity index (χ2v) is 14.7. The van der Waals surface area contributed by atoms with E-state index in [2.05, 4.69) is 76.2 Å². The van der Waals surface area contributed by atoms with Gasteiger partial charge in [-0.1, -0.05) is 119 Å². The van der Waals surface area contributed by atoms with Crippen molar-refractivity contribution in [1.29, 1.82) is 0 Å². The topological polar surface area (TPSA) is 44.8 Å². The fourth-order valence-corrected chi connectivity index (χ4v) is 9.92. The molecule has 0 saturated carbocycles. The molecule has 35 heavy (non-hydrogen) atoms. The molecule has 1 fully saturated rings. The van der Waals surface area contributed by atoms with E-state index in [1.807, 2.05) is 42.5 Å². The molecular formula is C30H36O4Si. The second kappa shape index (κ2) is 10.9. The standard InChI is InChI=1S/C30H36O4Si/c1-23-20-28(31)33-27(22-32-21-24-14-8-5-9-15-24)29(23)34-35(30(2,3)4,25-16-10-6-11-17-25)26-18-12-7-13-19-26/h5-19,23,27,29H,20-22H2,1-4H3/t23-,27-,29+/m1/s1. The third-order valence-corrected chi connectivity index (χ3v) is 11.9. The van der Waals surface area contributed by atoms with Gasteiger partial charge in [-0.2, -0.15) is 0 Å². The number of benzene rings is 3. The highest BCUT2D eigenvalue weighted by Gasteiger charge is 2.54. The molecule has 4 nitrogen and oxygen atoms in total. The van der Waals surface area contributed by atoms with E-state index >= 15 is 0 Å². The predicted molar refractivity (Wildman–Crippen MR) is 142 cm³/mol. The van der Waals surface area contributed by atoms with E-state index in [-0.39, 0.29) is 23.0 Å². The molecule has 1 aliphatic rings. The molecule has 3 aromatic carbocycles. The van der Waals surface area contributed by atoms with E-state index in [1.165, 1.54) is 10.4 Å². The van der Waals surface area contributed by atoms with Gasteiger partial charge in [0.05, 0.1) is 25.7 Å². The zero-order chi connectivity index (χ0) is 24.9. The second-order valence-electron chi connectivity index (χ2n) is 10.5. The molecule has 1 saturated heterocycles. The van der Waals surface area contributed by atoms with Crippen molar-refractivity contribution < 1.29 is 18.7 Å². The molecule has 0 N–H and O–H groups in total. The van der Waals surface area contributed by atoms with Crippen LogP contribution in [-0.2, 0) is 25.3 Å². The summed E-state index contributed by atoms with van der Waals surface area (Å²) in [6.07, 6.45) is -0.385. The SMILES string of the molecule is C[C@@H]1CC(=O)O[C@H](COCc2ccccc2)[C@H]1O[Si](c1ccccc1)(c1ccccc1)C(C)(C)C. The Kier molecular flexibility index (Phi) is 7.90. The van der Waals surface area contributed by atoms with E-state index in [0.717, 1.165) is 5.56 Å². The molecular weight excluding hydrogens is 452 g/mol. The van der Waals surface area contributed by atoms with Crippen molar-refractivity contribution in [3.05, 3.63) is 96.6 Å². The first-order valence-corrected chi connectivity index (χ1v) is 14.3. The van der Waals surface area contributed by atoms with Crippen LogP contribution < -0.4 is 10.4 Å². The van der Waals surface area contributed by atoms with Gasteiger partial charge in [-0.15, -0.1) is 0 Å². The average molecular weight is 489 g/mol. The highest BCUT2D eigenvalue weighted by Crippen LogP contribution is 2.40. The molecule has 0 radical (unpaired) electrons. The van der Waals surface area contributed by atoms with Crippen molar-refractivity contribution in [3.8, 4) is 0 Å². The lowest BCUT2D eigenvalue weighted by Gasteiger charge is -2.48. The number of esters is 1. The quantitative estimate of drug-likeness (QED) is 0.327. The molecule has 3 atom stereocenters. The van der Waals surface area contributed by atoms with Crippen LogP contribution in [0.1, 0.15) is 39.7 Å². The third kappa shape index (κ3) is 5.58. The van der Waals surface area contributed by atoms with Gasteiger partial charge in [-0.05, 0) is 26.9 Å². The maximum atomic E-state index is 12.4. The van der Waals surface area contributed by atoms with Gasteiger partial charge in [-0.25, -0.2) is 0 Å². The van der Waals surface area contributed by atoms with Crippen LogP contribution in [0.5, 0.6) is 0 Å². The van der Waals surface area contributed by atoms with Crippen molar-refractivity contribution >= 4 is 24.7 Å². The summed E-state index contributed by atoms with van der Waals surface area (Å²) in [5.41, 5.74) is 1.09. The maximum Gasteiger partial charge on any atom is 0.306 e. The average Bonchev–Trinajstić information content (AvgIpc) is 2.85. The van der Waals surface area contributed by atoms with E-state index < -0.39 is 14.4 Å². The van der Waals surface area contributed by atoms with Crippen LogP contribution in [-0.4, -0.2) is 33.1 Å². The summed E-state index contributed by atoms with van der Waals surface area (Å²) in [4.78, 5) is 12.4. The molecule has 4 rings (SSSR count). The minimum Gasteiger partial charge on any atom is -0.457 e. The van der Waals surface area contributed by atoms with E-state index in [4.69, 9.17) is 13.9 Å². The van der Waals surface area contributed by atoms with Crippen molar-refractivity contribution in [2.24, 2.45) is 5.92 Å². The summed E-state index contributed by atoms with van der Waals surface area (Å²) in [7, 11) is -2.79. The van der Waals surface area contributed by atoms with Crippen LogP contribution in [0.15, 0.2) is 91.0 Å². The molecule has 3 aromatic rings. The predicted octanol–water partition coefficient (Wildman–Crippen LogP) is 5.10. The minimum absolute atomic E-state index is 0.0169. The Morgan fingerprint density at radius 1 is 0.857 bits per heavy atom. The molecule has 0 aromatic heterocycles. The summed E-state index contributed by atoms with van der Waals surface area (Å²) in [5.74, 6) is -0.170. The monoisotopic (exact) mass is 488 g/mol. The van der Waals surface area contributed by atoms with E-state index in [9.17, 15) is 4.79 Å². The highest BCUT2D eigenvalue weighted by molar-refractivity contribution is 6.99. The maximum absolute atomic E-state index is 12.4. The molecule has 184 valence electrons. The van der Waals surface area contributed by atoms with E-state index in [0.29, 0.717) is 19.6 Å². The third-order valence-electron chi connectivity index (χ3n) is 6.82. The number of hydrogen-bond acceptors (Lipinski definition) is 4. The molecule has 1 heterocycles. The first kappa shape index (κ1) is 25.4. The van der Waals surface area contributed by atoms with Crippen molar-refractivity contribution in [2.45, 2.75) is 58.0 Å². The Morgan fingerprint density at radius 2 is 1.37 bits per heavy atom. The summed E-state index contributed by atoms with van der Waals surface area (Å²) in [6, 6.07) is 31.2. The Labute approximate surface area is 210 Å². The normalized spacial score (nSPS) is 20.9. The zero-order valence-electron chi connectivity index (χ0n) is 21.1. The van der Waals surface area contributed by atoms with Gasteiger partial charge in [0.2, 0.25) is 0 Å². The summed E-state index contributed by atoms with van der Waals surface area (Å²) in [6.45, 7) is 9.65. The minimum atomic E-state index is -2.79. The highest BCUT2D eigenvalue weighted by atomic mass is 28.4. The summed E-state index contributed by atoms with van der Waals surface area (Å²) < 4.78 is 19.3. The van der Waals surface area contributed by atoms with Gasteiger partial charge < -0.3 is 13.9 Å². The molecule has 0 unspecified atom stereocenters. The lowest BCUT2D eigenvalue weighted by atomic mass is 9.94. The largest absolute Gasteiger partial charge is 0.457 e. The lowest BCUT2D eigenvalue weighted by molar-refractivity contribution is -0.174. The molecule has 0 bridgehead atoms. The fraction of sp³-hybridized carbons (Fsp3) is 0.367. The smallest absolute Gasteiger partial charge is 0.306 e. The number of carbonyl (C=O) groups is 1. The molecule has 1 aliphatic heterocycles. The van der Waals surface area contributed by atoms with Gasteiger partial charge >= 0.3 is 5.97 Å². The van der Waals surface area contributed by atoms with Crippen LogP contribution >= 0.6 is 0 Å². The van der Waals surface area contributed by atoms with Gasteiger partial charge in [0.25, 0.3) is 8.32 Å².